The zero-order chi connectivity index (χ0) is 14.8. The van der Waals surface area contributed by atoms with Crippen LogP contribution in [0.1, 0.15) is 29.6 Å². The zero-order valence-corrected chi connectivity index (χ0v) is 13.0. The van der Waals surface area contributed by atoms with Gasteiger partial charge in [-0.1, -0.05) is 23.7 Å². The quantitative estimate of drug-likeness (QED) is 0.802. The van der Waals surface area contributed by atoms with Gasteiger partial charge < -0.3 is 0 Å². The van der Waals surface area contributed by atoms with E-state index in [1.54, 1.807) is 24.3 Å². The van der Waals surface area contributed by atoms with Crippen LogP contribution < -0.4 is 0 Å². The molecule has 1 atom stereocenters. The van der Waals surface area contributed by atoms with Crippen LogP contribution in [0.15, 0.2) is 24.3 Å². The lowest BCUT2D eigenvalue weighted by Gasteiger charge is -2.30. The zero-order valence-electron chi connectivity index (χ0n) is 11.4. The van der Waals surface area contributed by atoms with Gasteiger partial charge in [0.05, 0.1) is 11.3 Å². The molecule has 0 N–H and O–H groups in total. The monoisotopic (exact) mass is 315 g/mol. The molecule has 0 amide bonds. The van der Waals surface area contributed by atoms with E-state index in [1.807, 2.05) is 0 Å². The van der Waals surface area contributed by atoms with Gasteiger partial charge in [0.15, 0.2) is 5.78 Å². The second-order valence-electron chi connectivity index (χ2n) is 5.24. The minimum atomic E-state index is -3.17. The van der Waals surface area contributed by atoms with Crippen LogP contribution >= 0.6 is 11.6 Å². The van der Waals surface area contributed by atoms with Crippen LogP contribution in [0, 0.1) is 5.92 Å². The van der Waals surface area contributed by atoms with Gasteiger partial charge in [-0.25, -0.2) is 12.7 Å². The van der Waals surface area contributed by atoms with Crippen LogP contribution in [0.5, 0.6) is 0 Å². The molecule has 0 aromatic heterocycles. The number of hydrogen-bond donors (Lipinski definition) is 0. The van der Waals surface area contributed by atoms with Crippen molar-refractivity contribution in [3.63, 3.8) is 0 Å². The lowest BCUT2D eigenvalue weighted by Crippen LogP contribution is -2.39. The maximum atomic E-state index is 12.2. The van der Waals surface area contributed by atoms with Gasteiger partial charge in [-0.15, -0.1) is 0 Å². The van der Waals surface area contributed by atoms with Crippen LogP contribution in [-0.2, 0) is 10.0 Å². The molecule has 110 valence electrons. The van der Waals surface area contributed by atoms with E-state index in [9.17, 15) is 13.2 Å². The largest absolute Gasteiger partial charge is 0.294 e. The van der Waals surface area contributed by atoms with E-state index in [2.05, 4.69) is 0 Å². The molecule has 0 spiro atoms. The molecule has 1 aliphatic rings. The Morgan fingerprint density at radius 2 is 2.10 bits per heavy atom. The predicted octanol–water partition coefficient (Wildman–Crippen LogP) is 2.58. The average molecular weight is 316 g/mol. The van der Waals surface area contributed by atoms with Crippen molar-refractivity contribution < 1.29 is 13.2 Å². The van der Waals surface area contributed by atoms with Crippen LogP contribution in [-0.4, -0.2) is 37.9 Å². The Balaban J connectivity index is 2.03. The number of Topliss-reactive ketones (excluding diaryl/α,β-unsaturated/α-hetero) is 1. The summed E-state index contributed by atoms with van der Waals surface area (Å²) in [5.74, 6) is 0.0539. The molecule has 20 heavy (non-hydrogen) atoms. The van der Waals surface area contributed by atoms with E-state index < -0.39 is 10.0 Å². The molecular weight excluding hydrogens is 298 g/mol. The molecule has 1 aliphatic heterocycles. The first-order chi connectivity index (χ1) is 9.38. The Labute approximate surface area is 124 Å². The number of hydrogen-bond acceptors (Lipinski definition) is 3. The maximum Gasteiger partial charge on any atom is 0.211 e. The summed E-state index contributed by atoms with van der Waals surface area (Å²) in [6, 6.07) is 6.97. The summed E-state index contributed by atoms with van der Waals surface area (Å²) >= 11 is 6.01. The first-order valence-electron chi connectivity index (χ1n) is 6.61. The summed E-state index contributed by atoms with van der Waals surface area (Å²) in [6.45, 7) is 0.977. The van der Waals surface area contributed by atoms with Gasteiger partial charge >= 0.3 is 0 Å². The molecule has 1 unspecified atom stereocenters. The van der Waals surface area contributed by atoms with Crippen molar-refractivity contribution in [2.75, 3.05) is 19.3 Å². The standard InChI is InChI=1S/C14H18ClNO3S/c1-20(18,19)16-8-4-5-11(10-16)9-14(17)12-6-2-3-7-13(12)15/h2-3,6-7,11H,4-5,8-10H2,1H3. The van der Waals surface area contributed by atoms with Crippen molar-refractivity contribution in [1.82, 2.24) is 4.31 Å². The highest BCUT2D eigenvalue weighted by Gasteiger charge is 2.27. The lowest BCUT2D eigenvalue weighted by molar-refractivity contribution is 0.0942. The Morgan fingerprint density at radius 1 is 1.40 bits per heavy atom. The summed E-state index contributed by atoms with van der Waals surface area (Å²) in [5, 5.41) is 0.452. The van der Waals surface area contributed by atoms with Gasteiger partial charge in [0.2, 0.25) is 10.0 Å². The number of carbonyl (C=O) groups is 1. The van der Waals surface area contributed by atoms with Crippen LogP contribution in [0.3, 0.4) is 0 Å². The van der Waals surface area contributed by atoms with Crippen molar-refractivity contribution in [2.24, 2.45) is 5.92 Å². The van der Waals surface area contributed by atoms with Gasteiger partial charge in [0, 0.05) is 25.1 Å². The third-order valence-electron chi connectivity index (χ3n) is 3.60. The molecule has 1 saturated heterocycles. The van der Waals surface area contributed by atoms with E-state index >= 15 is 0 Å². The first kappa shape index (κ1) is 15.5. The Hall–Kier alpha value is -0.910. The van der Waals surface area contributed by atoms with Crippen molar-refractivity contribution in [2.45, 2.75) is 19.3 Å². The summed E-state index contributed by atoms with van der Waals surface area (Å²) in [6.07, 6.45) is 3.23. The van der Waals surface area contributed by atoms with Gasteiger partial charge in [0.1, 0.15) is 0 Å². The summed E-state index contributed by atoms with van der Waals surface area (Å²) in [7, 11) is -3.17. The molecule has 0 aliphatic carbocycles. The number of halogens is 1. The van der Waals surface area contributed by atoms with Crippen molar-refractivity contribution >= 4 is 27.4 Å². The fraction of sp³-hybridized carbons (Fsp3) is 0.500. The van der Waals surface area contributed by atoms with Gasteiger partial charge in [-0.3, -0.25) is 4.79 Å². The molecule has 6 heteroatoms. The molecule has 1 fully saturated rings. The van der Waals surface area contributed by atoms with E-state index in [0.717, 1.165) is 12.8 Å². The number of carbonyl (C=O) groups excluding carboxylic acids is 1. The number of rotatable bonds is 4. The van der Waals surface area contributed by atoms with E-state index in [4.69, 9.17) is 11.6 Å². The summed E-state index contributed by atoms with van der Waals surface area (Å²) in [4.78, 5) is 12.2. The molecule has 2 rings (SSSR count). The maximum absolute atomic E-state index is 12.2. The van der Waals surface area contributed by atoms with E-state index in [-0.39, 0.29) is 11.7 Å². The highest BCUT2D eigenvalue weighted by molar-refractivity contribution is 7.88. The predicted molar refractivity (Wildman–Crippen MR) is 79.5 cm³/mol. The second kappa shape index (κ2) is 6.24. The van der Waals surface area contributed by atoms with Crippen molar-refractivity contribution in [3.05, 3.63) is 34.9 Å². The molecular formula is C14H18ClNO3S. The molecule has 0 saturated carbocycles. The number of sulfonamides is 1. The topological polar surface area (TPSA) is 54.5 Å². The summed E-state index contributed by atoms with van der Waals surface area (Å²) in [5.41, 5.74) is 0.519. The third kappa shape index (κ3) is 3.81. The summed E-state index contributed by atoms with van der Waals surface area (Å²) < 4.78 is 24.6. The van der Waals surface area contributed by atoms with E-state index in [1.165, 1.54) is 10.6 Å². The van der Waals surface area contributed by atoms with Crippen molar-refractivity contribution in [3.8, 4) is 0 Å². The fourth-order valence-electron chi connectivity index (χ4n) is 2.55. The average Bonchev–Trinajstić information content (AvgIpc) is 2.38. The lowest BCUT2D eigenvalue weighted by atomic mass is 9.92. The normalized spacial score (nSPS) is 20.8. The molecule has 0 bridgehead atoms. The van der Waals surface area contributed by atoms with Gasteiger partial charge in [0.25, 0.3) is 0 Å². The van der Waals surface area contributed by atoms with Crippen LogP contribution in [0.4, 0.5) is 0 Å². The molecule has 1 aromatic rings. The third-order valence-corrected chi connectivity index (χ3v) is 5.20. The Kier molecular flexibility index (Phi) is 4.83. The van der Waals surface area contributed by atoms with Crippen molar-refractivity contribution in [1.29, 1.82) is 0 Å². The molecule has 1 aromatic carbocycles. The number of benzene rings is 1. The number of ketones is 1. The van der Waals surface area contributed by atoms with Crippen LogP contribution in [0.25, 0.3) is 0 Å². The Morgan fingerprint density at radius 3 is 2.75 bits per heavy atom. The number of piperidine rings is 1. The highest BCUT2D eigenvalue weighted by Crippen LogP contribution is 2.25. The highest BCUT2D eigenvalue weighted by atomic mass is 35.5. The Bertz CT molecular complexity index is 600. The van der Waals surface area contributed by atoms with Gasteiger partial charge in [-0.05, 0) is 30.9 Å². The van der Waals surface area contributed by atoms with Crippen LogP contribution in [0.2, 0.25) is 5.02 Å². The second-order valence-corrected chi connectivity index (χ2v) is 7.63. The minimum absolute atomic E-state index is 0.0176. The molecule has 4 nitrogen and oxygen atoms in total. The SMILES string of the molecule is CS(=O)(=O)N1CCCC(CC(=O)c2ccccc2Cl)C1. The van der Waals surface area contributed by atoms with Gasteiger partial charge in [-0.2, -0.15) is 0 Å². The molecule has 0 radical (unpaired) electrons. The number of nitrogens with zero attached hydrogens (tertiary/aromatic N) is 1. The smallest absolute Gasteiger partial charge is 0.211 e. The molecule has 1 heterocycles. The minimum Gasteiger partial charge on any atom is -0.294 e. The first-order valence-corrected chi connectivity index (χ1v) is 8.83. The van der Waals surface area contributed by atoms with E-state index in [0.29, 0.717) is 30.1 Å². The fourth-order valence-corrected chi connectivity index (χ4v) is 3.74.